The lowest BCUT2D eigenvalue weighted by Gasteiger charge is -2.26. The van der Waals surface area contributed by atoms with Gasteiger partial charge in [0.2, 0.25) is 11.8 Å². The number of thioether (sulfide) groups is 1. The molecule has 1 aromatic carbocycles. The topological polar surface area (TPSA) is 97.8 Å². The number of hydrogen-bond donors (Lipinski definition) is 1. The van der Waals surface area contributed by atoms with Crippen LogP contribution in [0.25, 0.3) is 0 Å². The predicted molar refractivity (Wildman–Crippen MR) is 118 cm³/mol. The summed E-state index contributed by atoms with van der Waals surface area (Å²) in [7, 11) is 2.89. The molecule has 0 saturated heterocycles. The van der Waals surface area contributed by atoms with Crippen molar-refractivity contribution in [3.05, 3.63) is 65.4 Å². The standard InChI is InChI=1S/C22H23N3O5S/c1-14-10-20(27)25(12-15-4-7-17(29-2)8-5-15)21(14)31-13-19(26)24-18-9-6-16(11-23-18)22(28)30-3/h4-11,21H,12-13H2,1-3H3,(H,23,24,26). The van der Waals surface area contributed by atoms with Crippen molar-refractivity contribution in [2.24, 2.45) is 0 Å². The highest BCUT2D eigenvalue weighted by Gasteiger charge is 2.31. The third-order valence-electron chi connectivity index (χ3n) is 4.64. The minimum absolute atomic E-state index is 0.0775. The van der Waals surface area contributed by atoms with Gasteiger partial charge in [-0.3, -0.25) is 9.59 Å². The molecule has 2 heterocycles. The molecule has 0 aliphatic carbocycles. The molecule has 2 amide bonds. The lowest BCUT2D eigenvalue weighted by Crippen LogP contribution is -2.33. The zero-order valence-corrected chi connectivity index (χ0v) is 18.3. The minimum atomic E-state index is -0.494. The van der Waals surface area contributed by atoms with E-state index in [-0.39, 0.29) is 22.9 Å². The molecular weight excluding hydrogens is 418 g/mol. The van der Waals surface area contributed by atoms with Crippen molar-refractivity contribution in [1.82, 2.24) is 9.88 Å². The Hall–Kier alpha value is -3.33. The first kappa shape index (κ1) is 22.4. The number of nitrogens with one attached hydrogen (secondary N) is 1. The van der Waals surface area contributed by atoms with Gasteiger partial charge < -0.3 is 19.7 Å². The maximum absolute atomic E-state index is 12.4. The van der Waals surface area contributed by atoms with Gasteiger partial charge in [0.25, 0.3) is 0 Å². The van der Waals surface area contributed by atoms with Gasteiger partial charge >= 0.3 is 5.97 Å². The smallest absolute Gasteiger partial charge is 0.339 e. The fourth-order valence-electron chi connectivity index (χ4n) is 3.06. The van der Waals surface area contributed by atoms with Crippen molar-refractivity contribution in [2.45, 2.75) is 18.8 Å². The Morgan fingerprint density at radius 2 is 1.90 bits per heavy atom. The fourth-order valence-corrected chi connectivity index (χ4v) is 4.13. The number of carbonyl (C=O) groups excluding carboxylic acids is 3. The Labute approximate surface area is 184 Å². The number of nitrogens with zero attached hydrogens (tertiary/aromatic N) is 2. The molecule has 2 aromatic rings. The number of hydrogen-bond acceptors (Lipinski definition) is 7. The second-order valence-electron chi connectivity index (χ2n) is 6.84. The van der Waals surface area contributed by atoms with E-state index in [1.54, 1.807) is 18.1 Å². The number of amides is 2. The molecule has 1 aliphatic rings. The number of pyridine rings is 1. The van der Waals surface area contributed by atoms with Crippen LogP contribution >= 0.6 is 11.8 Å². The van der Waals surface area contributed by atoms with Gasteiger partial charge in [0.05, 0.1) is 25.5 Å². The first-order valence-corrected chi connectivity index (χ1v) is 10.5. The van der Waals surface area contributed by atoms with Crippen LogP contribution in [0.5, 0.6) is 5.75 Å². The summed E-state index contributed by atoms with van der Waals surface area (Å²) in [4.78, 5) is 42.0. The van der Waals surface area contributed by atoms with Crippen LogP contribution in [0.2, 0.25) is 0 Å². The summed E-state index contributed by atoms with van der Waals surface area (Å²) < 4.78 is 9.79. The van der Waals surface area contributed by atoms with Crippen LogP contribution in [0.1, 0.15) is 22.8 Å². The summed E-state index contributed by atoms with van der Waals surface area (Å²) in [5, 5.41) is 2.47. The van der Waals surface area contributed by atoms with E-state index in [4.69, 9.17) is 4.74 Å². The van der Waals surface area contributed by atoms with Gasteiger partial charge in [-0.15, -0.1) is 11.8 Å². The van der Waals surface area contributed by atoms with E-state index in [1.165, 1.54) is 37.2 Å². The maximum Gasteiger partial charge on any atom is 0.339 e. The van der Waals surface area contributed by atoms with E-state index < -0.39 is 5.97 Å². The molecule has 31 heavy (non-hydrogen) atoms. The average molecular weight is 442 g/mol. The van der Waals surface area contributed by atoms with Crippen LogP contribution in [0, 0.1) is 0 Å². The molecule has 0 bridgehead atoms. The normalized spacial score (nSPS) is 15.5. The largest absolute Gasteiger partial charge is 0.497 e. The number of esters is 1. The molecule has 162 valence electrons. The van der Waals surface area contributed by atoms with E-state index in [9.17, 15) is 14.4 Å². The summed E-state index contributed by atoms with van der Waals surface area (Å²) in [5.74, 6) is 0.407. The number of ether oxygens (including phenoxy) is 2. The number of rotatable bonds is 8. The van der Waals surface area contributed by atoms with Gasteiger partial charge in [-0.05, 0) is 42.3 Å². The van der Waals surface area contributed by atoms with Crippen molar-refractivity contribution in [3.8, 4) is 5.75 Å². The molecule has 0 spiro atoms. The first-order chi connectivity index (χ1) is 14.9. The molecule has 0 fully saturated rings. The molecule has 0 saturated carbocycles. The summed E-state index contributed by atoms with van der Waals surface area (Å²) in [6, 6.07) is 10.6. The number of carbonyl (C=O) groups is 3. The van der Waals surface area contributed by atoms with Gasteiger partial charge in [-0.1, -0.05) is 12.1 Å². The summed E-state index contributed by atoms with van der Waals surface area (Å²) >= 11 is 1.37. The van der Waals surface area contributed by atoms with Crippen LogP contribution in [0.4, 0.5) is 5.82 Å². The van der Waals surface area contributed by atoms with Gasteiger partial charge in [0, 0.05) is 18.8 Å². The van der Waals surface area contributed by atoms with Crippen LogP contribution < -0.4 is 10.1 Å². The summed E-state index contributed by atoms with van der Waals surface area (Å²) in [6.07, 6.45) is 2.94. The molecule has 1 unspecified atom stereocenters. The first-order valence-electron chi connectivity index (χ1n) is 9.49. The zero-order valence-electron chi connectivity index (χ0n) is 17.5. The van der Waals surface area contributed by atoms with Gasteiger partial charge in [0.1, 0.15) is 16.9 Å². The molecular formula is C22H23N3O5S. The average Bonchev–Trinajstić information content (AvgIpc) is 3.04. The van der Waals surface area contributed by atoms with E-state index in [0.717, 1.165) is 16.9 Å². The Balaban J connectivity index is 1.57. The molecule has 9 heteroatoms. The van der Waals surface area contributed by atoms with E-state index in [0.29, 0.717) is 17.9 Å². The summed E-state index contributed by atoms with van der Waals surface area (Å²) in [5.41, 5.74) is 2.17. The van der Waals surface area contributed by atoms with Crippen LogP contribution in [0.3, 0.4) is 0 Å². The maximum atomic E-state index is 12.4. The third kappa shape index (κ3) is 5.64. The monoisotopic (exact) mass is 441 g/mol. The third-order valence-corrected chi connectivity index (χ3v) is 6.01. The van der Waals surface area contributed by atoms with Crippen molar-refractivity contribution in [3.63, 3.8) is 0 Å². The van der Waals surface area contributed by atoms with E-state index in [1.807, 2.05) is 31.2 Å². The van der Waals surface area contributed by atoms with E-state index in [2.05, 4.69) is 15.0 Å². The highest BCUT2D eigenvalue weighted by molar-refractivity contribution is 8.00. The number of anilines is 1. The summed E-state index contributed by atoms with van der Waals surface area (Å²) in [6.45, 7) is 2.32. The van der Waals surface area contributed by atoms with Crippen molar-refractivity contribution in [2.75, 3.05) is 25.3 Å². The Kier molecular flexibility index (Phi) is 7.30. The Morgan fingerprint density at radius 3 is 2.52 bits per heavy atom. The zero-order chi connectivity index (χ0) is 22.4. The van der Waals surface area contributed by atoms with Crippen molar-refractivity contribution < 1.29 is 23.9 Å². The molecule has 1 aromatic heterocycles. The number of benzene rings is 1. The Bertz CT molecular complexity index is 989. The predicted octanol–water partition coefficient (Wildman–Crippen LogP) is 2.86. The highest BCUT2D eigenvalue weighted by Crippen LogP contribution is 2.30. The van der Waals surface area contributed by atoms with Crippen molar-refractivity contribution in [1.29, 1.82) is 0 Å². The second kappa shape index (κ2) is 10.1. The SMILES string of the molecule is COC(=O)c1ccc(NC(=O)CSC2C(C)=CC(=O)N2Cc2ccc(OC)cc2)nc1. The van der Waals surface area contributed by atoms with Crippen LogP contribution in [-0.4, -0.2) is 53.0 Å². The molecule has 1 N–H and O–H groups in total. The quantitative estimate of drug-likeness (QED) is 0.629. The molecule has 0 radical (unpaired) electrons. The van der Waals surface area contributed by atoms with Crippen molar-refractivity contribution >= 4 is 35.4 Å². The minimum Gasteiger partial charge on any atom is -0.497 e. The van der Waals surface area contributed by atoms with Crippen LogP contribution in [0.15, 0.2) is 54.2 Å². The molecule has 3 rings (SSSR count). The van der Waals surface area contributed by atoms with Gasteiger partial charge in [-0.25, -0.2) is 9.78 Å². The number of aromatic nitrogens is 1. The molecule has 8 nitrogen and oxygen atoms in total. The van der Waals surface area contributed by atoms with Crippen LogP contribution in [-0.2, 0) is 20.9 Å². The van der Waals surface area contributed by atoms with Gasteiger partial charge in [-0.2, -0.15) is 0 Å². The Morgan fingerprint density at radius 1 is 1.16 bits per heavy atom. The second-order valence-corrected chi connectivity index (χ2v) is 7.91. The molecule has 1 atom stereocenters. The van der Waals surface area contributed by atoms with Gasteiger partial charge in [0.15, 0.2) is 0 Å². The molecule has 1 aliphatic heterocycles. The van der Waals surface area contributed by atoms with E-state index >= 15 is 0 Å². The lowest BCUT2D eigenvalue weighted by atomic mass is 10.2. The number of methoxy groups -OCH3 is 2. The fraction of sp³-hybridized carbons (Fsp3) is 0.273. The highest BCUT2D eigenvalue weighted by atomic mass is 32.2. The lowest BCUT2D eigenvalue weighted by molar-refractivity contribution is -0.125.